The van der Waals surface area contributed by atoms with Gasteiger partial charge in [0.15, 0.2) is 0 Å². The van der Waals surface area contributed by atoms with E-state index >= 15 is 0 Å². The van der Waals surface area contributed by atoms with Crippen LogP contribution in [0.2, 0.25) is 0 Å². The van der Waals surface area contributed by atoms with Gasteiger partial charge in [0.25, 0.3) is 0 Å². The fraction of sp³-hybridized carbons (Fsp3) is 0.571. The minimum absolute atomic E-state index is 0.135. The first-order valence-corrected chi connectivity index (χ1v) is 8.71. The second kappa shape index (κ2) is 7.47. The minimum Gasteiger partial charge on any atom is -0.205 e. The van der Waals surface area contributed by atoms with Crippen molar-refractivity contribution in [1.82, 2.24) is 0 Å². The molecule has 5 atom stereocenters. The van der Waals surface area contributed by atoms with Gasteiger partial charge in [-0.15, -0.1) is 6.58 Å². The minimum atomic E-state index is -1.70. The maximum Gasteiger partial charge on any atom is 0.144 e. The van der Waals surface area contributed by atoms with Crippen molar-refractivity contribution in [2.75, 3.05) is 0 Å². The molecule has 3 heteroatoms. The van der Waals surface area contributed by atoms with Crippen LogP contribution in [0.5, 0.6) is 0 Å². The lowest BCUT2D eigenvalue weighted by Crippen LogP contribution is -2.30. The maximum atomic E-state index is 14.1. The normalized spacial score (nSPS) is 36.5. The molecule has 2 fully saturated rings. The van der Waals surface area contributed by atoms with Crippen LogP contribution in [0.15, 0.2) is 24.8 Å². The number of hydrogen-bond acceptors (Lipinski definition) is 1. The summed E-state index contributed by atoms with van der Waals surface area (Å²) >= 11 is 0. The van der Waals surface area contributed by atoms with Gasteiger partial charge in [-0.25, -0.2) is 8.78 Å². The Hall–Kier alpha value is -1.69. The molecule has 1 aromatic rings. The van der Waals surface area contributed by atoms with Gasteiger partial charge in [0.05, 0.1) is 0 Å². The third-order valence-corrected chi connectivity index (χ3v) is 5.47. The SMILES string of the molecule is [2H]C1CC2CC(CCC=C)CCC2C([2H])([2H])C1c1cc(F)c(C#N)c(F)c1. The van der Waals surface area contributed by atoms with Gasteiger partial charge in [0.1, 0.15) is 23.3 Å². The summed E-state index contributed by atoms with van der Waals surface area (Å²) in [6.45, 7) is 3.76. The third kappa shape index (κ3) is 3.53. The number of nitrogens with zero attached hydrogens (tertiary/aromatic N) is 1. The van der Waals surface area contributed by atoms with Gasteiger partial charge in [-0.1, -0.05) is 12.5 Å². The molecule has 2 aliphatic rings. The molecule has 24 heavy (non-hydrogen) atoms. The van der Waals surface area contributed by atoms with Crippen molar-refractivity contribution in [2.24, 2.45) is 17.8 Å². The van der Waals surface area contributed by atoms with Crippen LogP contribution in [0.1, 0.15) is 72.5 Å². The molecule has 3 rings (SSSR count). The van der Waals surface area contributed by atoms with Gasteiger partial charge in [-0.2, -0.15) is 5.26 Å². The summed E-state index contributed by atoms with van der Waals surface area (Å²) in [5.41, 5.74) is -0.501. The molecule has 0 heterocycles. The zero-order valence-electron chi connectivity index (χ0n) is 16.8. The molecule has 0 amide bonds. The number of rotatable bonds is 4. The number of halogens is 2. The molecule has 1 aromatic carbocycles. The van der Waals surface area contributed by atoms with E-state index in [2.05, 4.69) is 6.58 Å². The van der Waals surface area contributed by atoms with E-state index in [0.29, 0.717) is 12.3 Å². The van der Waals surface area contributed by atoms with Crippen LogP contribution >= 0.6 is 0 Å². The highest BCUT2D eigenvalue weighted by molar-refractivity contribution is 5.36. The second-order valence-corrected chi connectivity index (χ2v) is 7.00. The van der Waals surface area contributed by atoms with Gasteiger partial charge >= 0.3 is 0 Å². The molecule has 0 spiro atoms. The molecule has 0 bridgehead atoms. The molecule has 2 aliphatic carbocycles. The molecule has 5 unspecified atom stereocenters. The average Bonchev–Trinajstić information content (AvgIpc) is 2.59. The van der Waals surface area contributed by atoms with Gasteiger partial charge in [0, 0.05) is 4.11 Å². The van der Waals surface area contributed by atoms with Crippen LogP contribution in [-0.4, -0.2) is 0 Å². The lowest BCUT2D eigenvalue weighted by Gasteiger charge is -2.42. The Balaban J connectivity index is 1.88. The van der Waals surface area contributed by atoms with Crippen molar-refractivity contribution in [2.45, 2.75) is 57.2 Å². The molecule has 1 nitrogen and oxygen atoms in total. The zero-order chi connectivity index (χ0) is 19.8. The lowest BCUT2D eigenvalue weighted by molar-refractivity contribution is 0.115. The standard InChI is InChI=1S/C21H25F2N/c1-2-3-4-14-5-6-16-10-17(8-7-15(16)9-14)18-11-20(22)19(13-24)21(23)12-18/h2,11-12,14-17H,1,3-10H2/i8D,10D2. The summed E-state index contributed by atoms with van der Waals surface area (Å²) in [4.78, 5) is 0. The Morgan fingerprint density at radius 1 is 1.25 bits per heavy atom. The van der Waals surface area contributed by atoms with Gasteiger partial charge in [-0.05, 0) is 86.2 Å². The monoisotopic (exact) mass is 332 g/mol. The topological polar surface area (TPSA) is 23.8 Å². The highest BCUT2D eigenvalue weighted by atomic mass is 19.1. The van der Waals surface area contributed by atoms with E-state index in [1.54, 1.807) is 0 Å². The average molecular weight is 332 g/mol. The van der Waals surface area contributed by atoms with Gasteiger partial charge < -0.3 is 0 Å². The molecule has 0 radical (unpaired) electrons. The van der Waals surface area contributed by atoms with Crippen molar-refractivity contribution in [1.29, 1.82) is 5.26 Å². The summed E-state index contributed by atoms with van der Waals surface area (Å²) in [5.74, 6) is -2.38. The van der Waals surface area contributed by atoms with Crippen molar-refractivity contribution < 1.29 is 12.9 Å². The van der Waals surface area contributed by atoms with Gasteiger partial charge in [-0.3, -0.25) is 0 Å². The summed E-state index contributed by atoms with van der Waals surface area (Å²) < 4.78 is 54.2. The van der Waals surface area contributed by atoms with Crippen LogP contribution in [0, 0.1) is 40.7 Å². The number of hydrogen-bond donors (Lipinski definition) is 0. The molecule has 0 N–H and O–H groups in total. The molecule has 128 valence electrons. The molecule has 0 saturated heterocycles. The Morgan fingerprint density at radius 3 is 2.67 bits per heavy atom. The molecule has 2 saturated carbocycles. The van der Waals surface area contributed by atoms with E-state index in [4.69, 9.17) is 9.37 Å². The fourth-order valence-corrected chi connectivity index (χ4v) is 4.18. The summed E-state index contributed by atoms with van der Waals surface area (Å²) in [7, 11) is 0. The van der Waals surface area contributed by atoms with Gasteiger partial charge in [0.2, 0.25) is 0 Å². The van der Waals surface area contributed by atoms with Crippen molar-refractivity contribution in [3.8, 4) is 6.07 Å². The lowest BCUT2D eigenvalue weighted by atomic mass is 9.63. The number of fused-ring (bicyclic) bond motifs is 1. The van der Waals surface area contributed by atoms with Crippen molar-refractivity contribution in [3.63, 3.8) is 0 Å². The summed E-state index contributed by atoms with van der Waals surface area (Å²) in [6, 6.07) is 3.58. The van der Waals surface area contributed by atoms with Crippen LogP contribution in [0.4, 0.5) is 8.78 Å². The molecule has 0 aliphatic heterocycles. The third-order valence-electron chi connectivity index (χ3n) is 5.47. The first-order valence-electron chi connectivity index (χ1n) is 10.3. The van der Waals surface area contributed by atoms with E-state index in [-0.39, 0.29) is 17.4 Å². The van der Waals surface area contributed by atoms with Crippen LogP contribution in [0.25, 0.3) is 0 Å². The summed E-state index contributed by atoms with van der Waals surface area (Å²) in [6.07, 6.45) is 4.59. The van der Waals surface area contributed by atoms with E-state index in [1.165, 1.54) is 6.07 Å². The maximum absolute atomic E-state index is 14.1. The molecular formula is C21H25F2N. The first-order chi connectivity index (χ1) is 12.8. The first kappa shape index (κ1) is 13.6. The van der Waals surface area contributed by atoms with Crippen LogP contribution in [0.3, 0.4) is 0 Å². The number of benzene rings is 1. The zero-order valence-corrected chi connectivity index (χ0v) is 13.8. The number of allylic oxidation sites excluding steroid dienone is 1. The second-order valence-electron chi connectivity index (χ2n) is 7.00. The van der Waals surface area contributed by atoms with E-state index in [0.717, 1.165) is 44.2 Å². The van der Waals surface area contributed by atoms with Crippen molar-refractivity contribution in [3.05, 3.63) is 47.5 Å². The Bertz CT molecular complexity index is 735. The molecular weight excluding hydrogens is 304 g/mol. The quantitative estimate of drug-likeness (QED) is 0.611. The highest BCUT2D eigenvalue weighted by Crippen LogP contribution is 2.48. The van der Waals surface area contributed by atoms with Crippen LogP contribution in [-0.2, 0) is 0 Å². The van der Waals surface area contributed by atoms with Crippen molar-refractivity contribution >= 4 is 0 Å². The Labute approximate surface area is 147 Å². The smallest absolute Gasteiger partial charge is 0.144 e. The molecule has 0 aromatic heterocycles. The Kier molecular flexibility index (Phi) is 4.23. The predicted molar refractivity (Wildman–Crippen MR) is 91.4 cm³/mol. The largest absolute Gasteiger partial charge is 0.205 e. The van der Waals surface area contributed by atoms with E-state index in [9.17, 15) is 8.78 Å². The fourth-order valence-electron chi connectivity index (χ4n) is 4.18. The number of nitriles is 1. The summed E-state index contributed by atoms with van der Waals surface area (Å²) in [5, 5.41) is 8.85. The van der Waals surface area contributed by atoms with E-state index in [1.807, 2.05) is 6.08 Å². The van der Waals surface area contributed by atoms with E-state index < -0.39 is 35.9 Å². The highest BCUT2D eigenvalue weighted by Gasteiger charge is 2.36. The Morgan fingerprint density at radius 2 is 2.00 bits per heavy atom. The van der Waals surface area contributed by atoms with Crippen LogP contribution < -0.4 is 0 Å². The predicted octanol–water partition coefficient (Wildman–Crippen LogP) is 6.10.